The van der Waals surface area contributed by atoms with Gasteiger partial charge in [-0.05, 0) is 24.6 Å². The molecule has 1 aromatic rings. The first kappa shape index (κ1) is 13.7. The molecule has 1 heterocycles. The molecule has 1 aromatic carbocycles. The minimum absolute atomic E-state index is 0.147. The van der Waals surface area contributed by atoms with Crippen molar-refractivity contribution >= 4 is 17.3 Å². The maximum atomic E-state index is 12.5. The molecule has 104 valence electrons. The Kier molecular flexibility index (Phi) is 3.66. The van der Waals surface area contributed by atoms with Crippen LogP contribution in [0.1, 0.15) is 12.0 Å². The summed E-state index contributed by atoms with van der Waals surface area (Å²) in [4.78, 5) is 11.7. The van der Waals surface area contributed by atoms with E-state index in [0.29, 0.717) is 18.7 Å². The zero-order chi connectivity index (χ0) is 14.0. The van der Waals surface area contributed by atoms with Crippen molar-refractivity contribution in [3.05, 3.63) is 23.8 Å². The van der Waals surface area contributed by atoms with Crippen molar-refractivity contribution in [3.8, 4) is 0 Å². The Hall–Kier alpha value is -1.76. The number of alkyl halides is 3. The van der Waals surface area contributed by atoms with Crippen molar-refractivity contribution in [1.29, 1.82) is 0 Å². The number of hydrogen-bond donors (Lipinski definition) is 2. The second-order valence-electron chi connectivity index (χ2n) is 4.23. The molecule has 2 N–H and O–H groups in total. The van der Waals surface area contributed by atoms with Crippen LogP contribution in [0.4, 0.5) is 24.5 Å². The Morgan fingerprint density at radius 3 is 2.68 bits per heavy atom. The van der Waals surface area contributed by atoms with Gasteiger partial charge in [-0.2, -0.15) is 13.2 Å². The SMILES string of the molecule is COCCC1Nc2ccc(C(F)(F)F)cc2NC1=O. The number of hydrogen-bond acceptors (Lipinski definition) is 3. The number of nitrogens with one attached hydrogen (secondary N) is 2. The molecule has 0 aliphatic carbocycles. The summed E-state index contributed by atoms with van der Waals surface area (Å²) in [7, 11) is 1.52. The van der Waals surface area contributed by atoms with Crippen molar-refractivity contribution in [2.75, 3.05) is 24.4 Å². The van der Waals surface area contributed by atoms with Crippen molar-refractivity contribution in [1.82, 2.24) is 0 Å². The molecule has 0 saturated carbocycles. The first-order chi connectivity index (χ1) is 8.91. The molecule has 0 radical (unpaired) electrons. The zero-order valence-electron chi connectivity index (χ0n) is 10.2. The number of halogens is 3. The van der Waals surface area contributed by atoms with Crippen LogP contribution in [0.15, 0.2) is 18.2 Å². The smallest absolute Gasteiger partial charge is 0.385 e. The minimum atomic E-state index is -4.42. The van der Waals surface area contributed by atoms with E-state index in [1.165, 1.54) is 13.2 Å². The summed E-state index contributed by atoms with van der Waals surface area (Å²) in [6, 6.07) is 2.73. The van der Waals surface area contributed by atoms with Crippen LogP contribution in [0.2, 0.25) is 0 Å². The Morgan fingerprint density at radius 1 is 1.32 bits per heavy atom. The topological polar surface area (TPSA) is 50.4 Å². The molecule has 0 saturated heterocycles. The van der Waals surface area contributed by atoms with Crippen LogP contribution in [0, 0.1) is 0 Å². The van der Waals surface area contributed by atoms with E-state index in [2.05, 4.69) is 10.6 Å². The standard InChI is InChI=1S/C12H13F3N2O2/c1-19-5-4-9-11(18)17-10-6-7(12(13,14)15)2-3-8(10)16-9/h2-3,6,9,16H,4-5H2,1H3,(H,17,18). The average molecular weight is 274 g/mol. The molecular formula is C12H13F3N2O2. The van der Waals surface area contributed by atoms with E-state index in [0.717, 1.165) is 12.1 Å². The second kappa shape index (κ2) is 5.08. The Morgan fingerprint density at radius 2 is 2.05 bits per heavy atom. The fourth-order valence-corrected chi connectivity index (χ4v) is 1.86. The van der Waals surface area contributed by atoms with Gasteiger partial charge in [-0.15, -0.1) is 0 Å². The fraction of sp³-hybridized carbons (Fsp3) is 0.417. The monoisotopic (exact) mass is 274 g/mol. The predicted molar refractivity (Wildman–Crippen MR) is 64.0 cm³/mol. The summed E-state index contributed by atoms with van der Waals surface area (Å²) in [6.07, 6.45) is -3.98. The lowest BCUT2D eigenvalue weighted by Gasteiger charge is -2.27. The number of ether oxygens (including phenoxy) is 1. The molecule has 0 aromatic heterocycles. The van der Waals surface area contributed by atoms with Crippen molar-refractivity contribution in [2.24, 2.45) is 0 Å². The van der Waals surface area contributed by atoms with Gasteiger partial charge in [0.1, 0.15) is 6.04 Å². The third-order valence-corrected chi connectivity index (χ3v) is 2.86. The lowest BCUT2D eigenvalue weighted by Crippen LogP contribution is -2.39. The molecule has 1 aliphatic rings. The fourth-order valence-electron chi connectivity index (χ4n) is 1.86. The van der Waals surface area contributed by atoms with E-state index in [4.69, 9.17) is 4.74 Å². The van der Waals surface area contributed by atoms with Crippen molar-refractivity contribution in [2.45, 2.75) is 18.6 Å². The van der Waals surface area contributed by atoms with Crippen molar-refractivity contribution < 1.29 is 22.7 Å². The number of fused-ring (bicyclic) bond motifs is 1. The largest absolute Gasteiger partial charge is 0.416 e. The first-order valence-electron chi connectivity index (χ1n) is 5.69. The Balaban J connectivity index is 2.21. The maximum absolute atomic E-state index is 12.5. The molecule has 7 heteroatoms. The number of anilines is 2. The highest BCUT2D eigenvalue weighted by Crippen LogP contribution is 2.35. The van der Waals surface area contributed by atoms with Gasteiger partial charge in [-0.25, -0.2) is 0 Å². The minimum Gasteiger partial charge on any atom is -0.385 e. The average Bonchev–Trinajstić information content (AvgIpc) is 2.34. The normalized spacial score (nSPS) is 18.5. The first-order valence-corrected chi connectivity index (χ1v) is 5.69. The number of carbonyl (C=O) groups is 1. The molecule has 1 amide bonds. The molecule has 1 atom stereocenters. The summed E-state index contributed by atoms with van der Waals surface area (Å²) in [5.41, 5.74) is -0.161. The van der Waals surface area contributed by atoms with Gasteiger partial charge in [-0.3, -0.25) is 4.79 Å². The highest BCUT2D eigenvalue weighted by molar-refractivity contribution is 6.03. The molecule has 4 nitrogen and oxygen atoms in total. The van der Waals surface area contributed by atoms with Gasteiger partial charge >= 0.3 is 6.18 Å². The Labute approximate surface area is 107 Å². The molecule has 0 bridgehead atoms. The van der Waals surface area contributed by atoms with E-state index < -0.39 is 17.8 Å². The third-order valence-electron chi connectivity index (χ3n) is 2.86. The molecule has 2 rings (SSSR count). The van der Waals surface area contributed by atoms with Gasteiger partial charge in [0, 0.05) is 13.7 Å². The second-order valence-corrected chi connectivity index (χ2v) is 4.23. The highest BCUT2D eigenvalue weighted by Gasteiger charge is 2.33. The van der Waals surface area contributed by atoms with Gasteiger partial charge in [0.25, 0.3) is 0 Å². The predicted octanol–water partition coefficient (Wildman–Crippen LogP) is 2.47. The number of methoxy groups -OCH3 is 1. The van der Waals surface area contributed by atoms with Gasteiger partial charge in [0.05, 0.1) is 16.9 Å². The summed E-state index contributed by atoms with van der Waals surface area (Å²) in [5, 5.41) is 5.38. The quantitative estimate of drug-likeness (QED) is 0.890. The maximum Gasteiger partial charge on any atom is 0.416 e. The molecular weight excluding hydrogens is 261 g/mol. The summed E-state index contributed by atoms with van der Waals surface area (Å²) >= 11 is 0. The number of rotatable bonds is 3. The van der Waals surface area contributed by atoms with Crippen molar-refractivity contribution in [3.63, 3.8) is 0 Å². The van der Waals surface area contributed by atoms with Crippen LogP contribution in [-0.2, 0) is 15.7 Å². The number of amides is 1. The summed E-state index contributed by atoms with van der Waals surface area (Å²) in [6.45, 7) is 0.390. The lowest BCUT2D eigenvalue weighted by molar-refractivity contribution is -0.137. The van der Waals surface area contributed by atoms with Gasteiger partial charge in [-0.1, -0.05) is 0 Å². The van der Waals surface area contributed by atoms with Crippen LogP contribution < -0.4 is 10.6 Å². The van der Waals surface area contributed by atoms with E-state index in [1.807, 2.05) is 0 Å². The van der Waals surface area contributed by atoms with Crippen LogP contribution in [-0.4, -0.2) is 25.7 Å². The summed E-state index contributed by atoms with van der Waals surface area (Å²) < 4.78 is 42.5. The third kappa shape index (κ3) is 2.98. The van der Waals surface area contributed by atoms with Crippen LogP contribution in [0.5, 0.6) is 0 Å². The van der Waals surface area contributed by atoms with Gasteiger partial charge < -0.3 is 15.4 Å². The van der Waals surface area contributed by atoms with Gasteiger partial charge in [0.2, 0.25) is 5.91 Å². The molecule has 0 fully saturated rings. The zero-order valence-corrected chi connectivity index (χ0v) is 10.2. The van der Waals surface area contributed by atoms with Crippen LogP contribution >= 0.6 is 0 Å². The van der Waals surface area contributed by atoms with Crippen LogP contribution in [0.25, 0.3) is 0 Å². The lowest BCUT2D eigenvalue weighted by atomic mass is 10.1. The molecule has 1 unspecified atom stereocenters. The number of carbonyl (C=O) groups excluding carboxylic acids is 1. The molecule has 0 spiro atoms. The van der Waals surface area contributed by atoms with Crippen LogP contribution in [0.3, 0.4) is 0 Å². The van der Waals surface area contributed by atoms with E-state index in [-0.39, 0.29) is 11.6 Å². The van der Waals surface area contributed by atoms with E-state index >= 15 is 0 Å². The summed E-state index contributed by atoms with van der Waals surface area (Å²) in [5.74, 6) is -0.358. The molecule has 19 heavy (non-hydrogen) atoms. The van der Waals surface area contributed by atoms with E-state index in [1.54, 1.807) is 0 Å². The Bertz CT molecular complexity index is 488. The number of benzene rings is 1. The molecule has 1 aliphatic heterocycles. The highest BCUT2D eigenvalue weighted by atomic mass is 19.4. The van der Waals surface area contributed by atoms with E-state index in [9.17, 15) is 18.0 Å². The van der Waals surface area contributed by atoms with Gasteiger partial charge in [0.15, 0.2) is 0 Å².